The smallest absolute Gasteiger partial charge is 0.211 e. The molecule has 3 aromatic rings. The van der Waals surface area contributed by atoms with Crippen LogP contribution in [0, 0.1) is 0 Å². The highest BCUT2D eigenvalue weighted by molar-refractivity contribution is 7.88. The van der Waals surface area contributed by atoms with Gasteiger partial charge in [0.1, 0.15) is 11.6 Å². The zero-order valence-electron chi connectivity index (χ0n) is 19.9. The zero-order valence-corrected chi connectivity index (χ0v) is 21.5. The third-order valence-corrected chi connectivity index (χ3v) is 8.39. The molecule has 1 aliphatic rings. The Balaban J connectivity index is 1.67. The second-order valence-corrected chi connectivity index (χ2v) is 11.5. The summed E-state index contributed by atoms with van der Waals surface area (Å²) >= 11 is 6.29. The molecule has 0 N–H and O–H groups in total. The Kier molecular flexibility index (Phi) is 7.36. The first-order valence-corrected chi connectivity index (χ1v) is 13.8. The van der Waals surface area contributed by atoms with Crippen LogP contribution in [-0.2, 0) is 34.9 Å². The van der Waals surface area contributed by atoms with E-state index in [0.717, 1.165) is 48.5 Å². The van der Waals surface area contributed by atoms with Crippen molar-refractivity contribution in [2.75, 3.05) is 13.4 Å². The Bertz CT molecular complexity index is 1230. The van der Waals surface area contributed by atoms with E-state index in [4.69, 9.17) is 21.3 Å². The number of nitrogens with zero attached hydrogens (tertiary/aromatic N) is 3. The van der Waals surface area contributed by atoms with E-state index in [1.54, 1.807) is 11.4 Å². The highest BCUT2D eigenvalue weighted by Crippen LogP contribution is 2.46. The van der Waals surface area contributed by atoms with E-state index >= 15 is 0 Å². The summed E-state index contributed by atoms with van der Waals surface area (Å²) in [6, 6.07) is 15.4. The van der Waals surface area contributed by atoms with Gasteiger partial charge in [0.05, 0.1) is 13.4 Å². The molecule has 0 aliphatic heterocycles. The number of rotatable bonds is 9. The molecule has 1 aromatic heterocycles. The number of hydrogen-bond donors (Lipinski definition) is 0. The fraction of sp³-hybridized carbons (Fsp3) is 0.423. The predicted molar refractivity (Wildman–Crippen MR) is 136 cm³/mol. The molecular weight excluding hydrogens is 470 g/mol. The number of ether oxygens (including phenoxy) is 1. The van der Waals surface area contributed by atoms with E-state index in [1.807, 2.05) is 54.9 Å². The van der Waals surface area contributed by atoms with Crippen molar-refractivity contribution in [1.29, 1.82) is 0 Å². The van der Waals surface area contributed by atoms with Crippen LogP contribution in [0.1, 0.15) is 43.1 Å². The molecule has 0 unspecified atom stereocenters. The summed E-state index contributed by atoms with van der Waals surface area (Å²) in [4.78, 5) is 4.77. The monoisotopic (exact) mass is 501 g/mol. The maximum atomic E-state index is 12.9. The van der Waals surface area contributed by atoms with Crippen molar-refractivity contribution in [3.8, 4) is 5.75 Å². The van der Waals surface area contributed by atoms with Crippen LogP contribution in [0.5, 0.6) is 5.75 Å². The first-order chi connectivity index (χ1) is 16.2. The summed E-state index contributed by atoms with van der Waals surface area (Å²) in [6.07, 6.45) is 8.27. The predicted octanol–water partition coefficient (Wildman–Crippen LogP) is 5.06. The number of imidazole rings is 1. The van der Waals surface area contributed by atoms with Gasteiger partial charge in [-0.25, -0.2) is 13.4 Å². The highest BCUT2D eigenvalue weighted by atomic mass is 35.5. The molecule has 0 saturated heterocycles. The van der Waals surface area contributed by atoms with Gasteiger partial charge in [0.2, 0.25) is 10.0 Å². The largest absolute Gasteiger partial charge is 0.497 e. The fourth-order valence-electron chi connectivity index (χ4n) is 5.28. The minimum atomic E-state index is -3.42. The Morgan fingerprint density at radius 3 is 2.62 bits per heavy atom. The van der Waals surface area contributed by atoms with Gasteiger partial charge in [0.25, 0.3) is 0 Å². The normalized spacial score (nSPS) is 20.7. The minimum Gasteiger partial charge on any atom is -0.497 e. The zero-order chi connectivity index (χ0) is 24.3. The molecule has 2 aromatic carbocycles. The van der Waals surface area contributed by atoms with Gasteiger partial charge < -0.3 is 9.30 Å². The van der Waals surface area contributed by atoms with Crippen molar-refractivity contribution in [2.24, 2.45) is 0 Å². The van der Waals surface area contributed by atoms with E-state index in [1.165, 1.54) is 6.26 Å². The summed E-state index contributed by atoms with van der Waals surface area (Å²) < 4.78 is 35.0. The van der Waals surface area contributed by atoms with Gasteiger partial charge in [-0.05, 0) is 68.0 Å². The summed E-state index contributed by atoms with van der Waals surface area (Å²) in [7, 11) is -1.80. The van der Waals surface area contributed by atoms with Gasteiger partial charge in [-0.15, -0.1) is 0 Å². The lowest BCUT2D eigenvalue weighted by atomic mass is 9.78. The van der Waals surface area contributed by atoms with E-state index in [-0.39, 0.29) is 11.5 Å². The first-order valence-electron chi connectivity index (χ1n) is 11.6. The molecule has 8 heteroatoms. The van der Waals surface area contributed by atoms with E-state index in [0.29, 0.717) is 18.0 Å². The molecule has 0 amide bonds. The average molecular weight is 502 g/mol. The maximum absolute atomic E-state index is 12.9. The van der Waals surface area contributed by atoms with Gasteiger partial charge in [-0.2, -0.15) is 4.31 Å². The number of sulfonamides is 1. The van der Waals surface area contributed by atoms with Crippen LogP contribution in [0.3, 0.4) is 0 Å². The summed E-state index contributed by atoms with van der Waals surface area (Å²) in [5.41, 5.74) is 1.81. The minimum absolute atomic E-state index is 0.113. The number of methoxy groups -OCH3 is 1. The van der Waals surface area contributed by atoms with Crippen molar-refractivity contribution in [2.45, 2.75) is 57.2 Å². The van der Waals surface area contributed by atoms with E-state index in [9.17, 15) is 8.42 Å². The maximum Gasteiger partial charge on any atom is 0.211 e. The van der Waals surface area contributed by atoms with Crippen LogP contribution < -0.4 is 4.74 Å². The molecule has 182 valence electrons. The van der Waals surface area contributed by atoms with E-state index < -0.39 is 10.0 Å². The summed E-state index contributed by atoms with van der Waals surface area (Å²) in [6.45, 7) is 3.26. The van der Waals surface area contributed by atoms with Crippen molar-refractivity contribution in [1.82, 2.24) is 13.9 Å². The Morgan fingerprint density at radius 1 is 1.21 bits per heavy atom. The average Bonchev–Trinajstić information content (AvgIpc) is 3.45. The Labute approximate surface area is 207 Å². The number of benzene rings is 2. The molecule has 0 spiro atoms. The second-order valence-electron chi connectivity index (χ2n) is 9.18. The first kappa shape index (κ1) is 24.8. The van der Waals surface area contributed by atoms with Gasteiger partial charge in [0, 0.05) is 42.0 Å². The number of aromatic nitrogens is 2. The summed E-state index contributed by atoms with van der Waals surface area (Å²) in [5.74, 6) is 1.78. The topological polar surface area (TPSA) is 64.4 Å². The van der Waals surface area contributed by atoms with Gasteiger partial charge in [-0.3, -0.25) is 0 Å². The van der Waals surface area contributed by atoms with Gasteiger partial charge in [0.15, 0.2) is 0 Å². The molecule has 0 radical (unpaired) electrons. The number of halogens is 1. The van der Waals surface area contributed by atoms with Crippen LogP contribution >= 0.6 is 11.6 Å². The van der Waals surface area contributed by atoms with E-state index in [2.05, 4.69) is 17.6 Å². The van der Waals surface area contributed by atoms with Crippen LogP contribution in [0.25, 0.3) is 0 Å². The molecule has 0 bridgehead atoms. The van der Waals surface area contributed by atoms with Crippen molar-refractivity contribution in [3.05, 3.63) is 82.9 Å². The van der Waals surface area contributed by atoms with Crippen molar-refractivity contribution in [3.63, 3.8) is 0 Å². The quantitative estimate of drug-likeness (QED) is 0.411. The third-order valence-electron chi connectivity index (χ3n) is 6.88. The van der Waals surface area contributed by atoms with Gasteiger partial charge >= 0.3 is 0 Å². The molecule has 4 rings (SSSR count). The highest BCUT2D eigenvalue weighted by Gasteiger charge is 2.46. The van der Waals surface area contributed by atoms with Crippen LogP contribution in [0.4, 0.5) is 0 Å². The lowest BCUT2D eigenvalue weighted by Gasteiger charge is -2.32. The molecule has 34 heavy (non-hydrogen) atoms. The van der Waals surface area contributed by atoms with Crippen LogP contribution in [0.2, 0.25) is 5.02 Å². The van der Waals surface area contributed by atoms with Crippen LogP contribution in [-0.4, -0.2) is 41.7 Å². The standard InChI is InChI=1S/C26H32ClN3O3S/c1-4-29-15-14-28-25(29)26(17-21-6-5-7-22(27)16-21)13-12-23(18-26)30(34(3,31)32)19-20-8-10-24(33-2)11-9-20/h5-11,14-16,23H,4,12-13,17-19H2,1-3H3/t23-,26+/m0/s1. The second kappa shape index (κ2) is 10.1. The molecule has 1 aliphatic carbocycles. The van der Waals surface area contributed by atoms with Crippen molar-refractivity contribution < 1.29 is 13.2 Å². The summed E-state index contributed by atoms with van der Waals surface area (Å²) in [5, 5.41) is 0.707. The number of aryl methyl sites for hydroxylation is 1. The van der Waals surface area contributed by atoms with Gasteiger partial charge in [-0.1, -0.05) is 35.9 Å². The molecule has 6 nitrogen and oxygen atoms in total. The lowest BCUT2D eigenvalue weighted by Crippen LogP contribution is -2.40. The van der Waals surface area contributed by atoms with Crippen molar-refractivity contribution >= 4 is 21.6 Å². The Hall–Kier alpha value is -2.35. The molecular formula is C26H32ClN3O3S. The molecule has 1 fully saturated rings. The Morgan fingerprint density at radius 2 is 1.97 bits per heavy atom. The molecule has 1 saturated carbocycles. The molecule has 2 atom stereocenters. The van der Waals surface area contributed by atoms with Crippen LogP contribution in [0.15, 0.2) is 60.9 Å². The lowest BCUT2D eigenvalue weighted by molar-refractivity contribution is 0.294. The fourth-order valence-corrected chi connectivity index (χ4v) is 6.60. The SMILES string of the molecule is CCn1ccnc1[C@@]1(Cc2cccc(Cl)c2)CC[C@H](N(Cc2ccc(OC)cc2)S(C)(=O)=O)C1. The number of hydrogen-bond acceptors (Lipinski definition) is 4. The third kappa shape index (κ3) is 5.32. The molecule has 1 heterocycles.